The topological polar surface area (TPSA) is 90.3 Å². The van der Waals surface area contributed by atoms with Crippen molar-refractivity contribution in [2.24, 2.45) is 0 Å². The fourth-order valence-corrected chi connectivity index (χ4v) is 2.97. The van der Waals surface area contributed by atoms with Gasteiger partial charge in [-0.05, 0) is 26.7 Å². The van der Waals surface area contributed by atoms with Crippen LogP contribution in [0.3, 0.4) is 0 Å². The van der Waals surface area contributed by atoms with Crippen molar-refractivity contribution in [3.63, 3.8) is 0 Å². The van der Waals surface area contributed by atoms with Gasteiger partial charge in [0.05, 0.1) is 31.4 Å². The summed E-state index contributed by atoms with van der Waals surface area (Å²) in [5, 5.41) is 18.4. The van der Waals surface area contributed by atoms with Crippen molar-refractivity contribution in [1.82, 2.24) is 9.80 Å². The summed E-state index contributed by atoms with van der Waals surface area (Å²) in [6.45, 7) is 4.71. The Morgan fingerprint density at radius 2 is 2.10 bits per heavy atom. The van der Waals surface area contributed by atoms with Gasteiger partial charge in [-0.2, -0.15) is 0 Å². The largest absolute Gasteiger partial charge is 0.480 e. The molecule has 0 aromatic rings. The summed E-state index contributed by atoms with van der Waals surface area (Å²) in [7, 11) is 0. The Morgan fingerprint density at radius 3 is 2.70 bits per heavy atom. The number of hydrogen-bond donors (Lipinski definition) is 2. The molecule has 2 heterocycles. The molecule has 0 aliphatic carbocycles. The number of carboxylic acids is 1. The molecule has 0 radical (unpaired) electrons. The molecule has 0 aromatic carbocycles. The lowest BCUT2D eigenvalue weighted by atomic mass is 10.1. The molecule has 114 valence electrons. The molecule has 2 N–H and O–H groups in total. The Labute approximate surface area is 118 Å². The number of morpholine rings is 1. The van der Waals surface area contributed by atoms with E-state index in [4.69, 9.17) is 9.84 Å². The number of carbonyl (C=O) groups excluding carboxylic acids is 1. The molecule has 2 aliphatic rings. The molecular weight excluding hydrogens is 264 g/mol. The second-order valence-electron chi connectivity index (χ2n) is 6.03. The van der Waals surface area contributed by atoms with Crippen LogP contribution in [0.1, 0.15) is 26.7 Å². The van der Waals surface area contributed by atoms with Crippen molar-refractivity contribution in [2.45, 2.75) is 44.4 Å². The van der Waals surface area contributed by atoms with Gasteiger partial charge in [0.2, 0.25) is 0 Å². The highest BCUT2D eigenvalue weighted by molar-refractivity contribution is 5.83. The van der Waals surface area contributed by atoms with E-state index in [-0.39, 0.29) is 12.6 Å². The van der Waals surface area contributed by atoms with Gasteiger partial charge in [0.15, 0.2) is 0 Å². The number of nitrogens with zero attached hydrogens (tertiary/aromatic N) is 2. The predicted molar refractivity (Wildman–Crippen MR) is 70.4 cm³/mol. The molecule has 2 amide bonds. The van der Waals surface area contributed by atoms with E-state index in [1.165, 1.54) is 4.90 Å². The highest BCUT2D eigenvalue weighted by Crippen LogP contribution is 2.25. The third-order valence-electron chi connectivity index (χ3n) is 3.74. The number of likely N-dealkylation sites (tertiary alicyclic amines) is 1. The van der Waals surface area contributed by atoms with Crippen molar-refractivity contribution < 1.29 is 24.5 Å². The Bertz CT molecular complexity index is 398. The highest BCUT2D eigenvalue weighted by atomic mass is 16.5. The van der Waals surface area contributed by atoms with Gasteiger partial charge in [0, 0.05) is 6.54 Å². The zero-order chi connectivity index (χ0) is 14.9. The van der Waals surface area contributed by atoms with Crippen LogP contribution in [0.2, 0.25) is 0 Å². The molecule has 7 heteroatoms. The molecule has 1 unspecified atom stereocenters. The average molecular weight is 286 g/mol. The Kier molecular flexibility index (Phi) is 4.19. The second kappa shape index (κ2) is 5.57. The van der Waals surface area contributed by atoms with E-state index in [0.29, 0.717) is 32.5 Å². The Balaban J connectivity index is 2.09. The summed E-state index contributed by atoms with van der Waals surface area (Å²) in [5.41, 5.74) is -0.542. The fourth-order valence-electron chi connectivity index (χ4n) is 2.97. The van der Waals surface area contributed by atoms with Crippen LogP contribution >= 0.6 is 0 Å². The molecule has 0 bridgehead atoms. The molecule has 0 saturated carbocycles. The third-order valence-corrected chi connectivity index (χ3v) is 3.74. The zero-order valence-electron chi connectivity index (χ0n) is 11.9. The van der Waals surface area contributed by atoms with Gasteiger partial charge in [0.1, 0.15) is 6.04 Å². The fraction of sp³-hybridized carbons (Fsp3) is 0.846. The van der Waals surface area contributed by atoms with E-state index < -0.39 is 23.7 Å². The maximum Gasteiger partial charge on any atom is 0.326 e. The number of aliphatic hydroxyl groups is 1. The molecule has 2 fully saturated rings. The standard InChI is InChI=1S/C13H22N2O5/c1-13(2)8-14(6-9(7-16)20-13)12(19)15-5-3-4-10(15)11(17)18/h9-10,16H,3-8H2,1-2H3,(H,17,18)/t9?,10-/m1/s1. The number of aliphatic hydroxyl groups excluding tert-OH is 1. The number of aliphatic carboxylic acids is 1. The first kappa shape index (κ1) is 15.1. The van der Waals surface area contributed by atoms with Crippen molar-refractivity contribution >= 4 is 12.0 Å². The van der Waals surface area contributed by atoms with Crippen molar-refractivity contribution in [3.05, 3.63) is 0 Å². The van der Waals surface area contributed by atoms with Crippen LogP contribution in [0.15, 0.2) is 0 Å². The Morgan fingerprint density at radius 1 is 1.40 bits per heavy atom. The Hall–Kier alpha value is -1.34. The molecule has 2 rings (SSSR count). The summed E-state index contributed by atoms with van der Waals surface area (Å²) in [6.07, 6.45) is 0.784. The predicted octanol–water partition coefficient (Wildman–Crippen LogP) is 0.127. The van der Waals surface area contributed by atoms with Crippen molar-refractivity contribution in [1.29, 1.82) is 0 Å². The molecule has 7 nitrogen and oxygen atoms in total. The van der Waals surface area contributed by atoms with Gasteiger partial charge < -0.3 is 24.7 Å². The van der Waals surface area contributed by atoms with Gasteiger partial charge in [0.25, 0.3) is 0 Å². The molecule has 20 heavy (non-hydrogen) atoms. The van der Waals surface area contributed by atoms with Gasteiger partial charge in [-0.25, -0.2) is 9.59 Å². The minimum atomic E-state index is -0.956. The minimum absolute atomic E-state index is 0.157. The number of urea groups is 1. The van der Waals surface area contributed by atoms with E-state index in [1.54, 1.807) is 4.90 Å². The van der Waals surface area contributed by atoms with Crippen LogP contribution in [0.25, 0.3) is 0 Å². The summed E-state index contributed by atoms with van der Waals surface area (Å²) in [6, 6.07) is -1.01. The number of hydrogen-bond acceptors (Lipinski definition) is 4. The number of carbonyl (C=O) groups is 2. The van der Waals surface area contributed by atoms with E-state index in [0.717, 1.165) is 0 Å². The van der Waals surface area contributed by atoms with Gasteiger partial charge >= 0.3 is 12.0 Å². The molecule has 2 atom stereocenters. The number of carboxylic acid groups (broad SMARTS) is 1. The summed E-state index contributed by atoms with van der Waals surface area (Å²) < 4.78 is 5.66. The lowest BCUT2D eigenvalue weighted by Crippen LogP contribution is -2.59. The molecular formula is C13H22N2O5. The van der Waals surface area contributed by atoms with Crippen LogP contribution in [-0.2, 0) is 9.53 Å². The highest BCUT2D eigenvalue weighted by Gasteiger charge is 2.41. The number of rotatable bonds is 2. The lowest BCUT2D eigenvalue weighted by Gasteiger charge is -2.43. The summed E-state index contributed by atoms with van der Waals surface area (Å²) >= 11 is 0. The van der Waals surface area contributed by atoms with Gasteiger partial charge in [-0.15, -0.1) is 0 Å². The van der Waals surface area contributed by atoms with Crippen LogP contribution in [0, 0.1) is 0 Å². The molecule has 2 saturated heterocycles. The monoisotopic (exact) mass is 286 g/mol. The maximum atomic E-state index is 12.5. The van der Waals surface area contributed by atoms with Gasteiger partial charge in [-0.3, -0.25) is 0 Å². The second-order valence-corrected chi connectivity index (χ2v) is 6.03. The first-order valence-corrected chi connectivity index (χ1v) is 6.91. The van der Waals surface area contributed by atoms with Crippen LogP contribution in [0.4, 0.5) is 4.79 Å². The van der Waals surface area contributed by atoms with E-state index in [9.17, 15) is 14.7 Å². The van der Waals surface area contributed by atoms with Crippen LogP contribution in [0.5, 0.6) is 0 Å². The first-order valence-electron chi connectivity index (χ1n) is 6.91. The summed E-state index contributed by atoms with van der Waals surface area (Å²) in [5.74, 6) is -0.956. The smallest absolute Gasteiger partial charge is 0.326 e. The zero-order valence-corrected chi connectivity index (χ0v) is 11.9. The van der Waals surface area contributed by atoms with Crippen molar-refractivity contribution in [2.75, 3.05) is 26.2 Å². The molecule has 0 spiro atoms. The molecule has 0 aromatic heterocycles. The van der Waals surface area contributed by atoms with E-state index in [2.05, 4.69) is 0 Å². The maximum absolute atomic E-state index is 12.5. The normalized spacial score (nSPS) is 29.6. The first-order chi connectivity index (χ1) is 9.34. The third kappa shape index (κ3) is 3.04. The lowest BCUT2D eigenvalue weighted by molar-refractivity contribution is -0.145. The van der Waals surface area contributed by atoms with E-state index in [1.807, 2.05) is 13.8 Å². The van der Waals surface area contributed by atoms with Crippen molar-refractivity contribution in [3.8, 4) is 0 Å². The van der Waals surface area contributed by atoms with Crippen LogP contribution < -0.4 is 0 Å². The number of ether oxygens (including phenoxy) is 1. The van der Waals surface area contributed by atoms with Crippen LogP contribution in [-0.4, -0.2) is 76.0 Å². The SMILES string of the molecule is CC1(C)CN(C(=O)N2CCC[C@@H]2C(=O)O)CC(CO)O1. The van der Waals surface area contributed by atoms with Gasteiger partial charge in [-0.1, -0.05) is 0 Å². The quantitative estimate of drug-likeness (QED) is 0.753. The number of amides is 2. The minimum Gasteiger partial charge on any atom is -0.480 e. The summed E-state index contributed by atoms with van der Waals surface area (Å²) in [4.78, 5) is 26.7. The van der Waals surface area contributed by atoms with E-state index >= 15 is 0 Å². The average Bonchev–Trinajstić information content (AvgIpc) is 2.85. The molecule has 2 aliphatic heterocycles.